The average molecular weight is 464 g/mol. The van der Waals surface area contributed by atoms with Crippen molar-refractivity contribution in [3.8, 4) is 11.5 Å². The van der Waals surface area contributed by atoms with Crippen LogP contribution in [0.4, 0.5) is 5.69 Å². The Morgan fingerprint density at radius 2 is 1.64 bits per heavy atom. The van der Waals surface area contributed by atoms with Crippen LogP contribution in [0.2, 0.25) is 5.02 Å². The quantitative estimate of drug-likeness (QED) is 0.381. The fraction of sp³-hybridized carbons (Fsp3) is 0.192. The van der Waals surface area contributed by atoms with Crippen LogP contribution in [0, 0.1) is 0 Å². The van der Waals surface area contributed by atoms with Crippen molar-refractivity contribution in [3.05, 3.63) is 88.9 Å². The van der Waals surface area contributed by atoms with Crippen molar-refractivity contribution in [1.82, 2.24) is 0 Å². The molecule has 0 aromatic heterocycles. The lowest BCUT2D eigenvalue weighted by Gasteiger charge is -2.28. The molecule has 1 amide bonds. The summed E-state index contributed by atoms with van der Waals surface area (Å²) in [6.45, 7) is 1.33. The summed E-state index contributed by atoms with van der Waals surface area (Å²) >= 11 is 6.27. The van der Waals surface area contributed by atoms with E-state index in [4.69, 9.17) is 21.1 Å². The number of ether oxygens (including phenoxy) is 2. The van der Waals surface area contributed by atoms with E-state index in [1.165, 1.54) is 6.92 Å². The summed E-state index contributed by atoms with van der Waals surface area (Å²) < 4.78 is 10.5. The number of carbonyl (C=O) groups is 3. The van der Waals surface area contributed by atoms with Crippen molar-refractivity contribution >= 4 is 35.1 Å². The third-order valence-electron chi connectivity index (χ3n) is 5.59. The standard InChI is InChI=1S/C26H22ClNO5/c1-17(29)32-21-12-9-18(10-13-21)26(22-16-19(27)11-14-23(22)28-25(26)31)15-5-8-24(30)33-20-6-3-2-4-7-20/h2-4,6-7,9-14,16H,5,8,15H2,1H3,(H,28,31). The van der Waals surface area contributed by atoms with Crippen molar-refractivity contribution in [2.24, 2.45) is 0 Å². The van der Waals surface area contributed by atoms with Crippen LogP contribution in [-0.2, 0) is 19.8 Å². The smallest absolute Gasteiger partial charge is 0.311 e. The van der Waals surface area contributed by atoms with Gasteiger partial charge in [-0.2, -0.15) is 0 Å². The van der Waals surface area contributed by atoms with Crippen molar-refractivity contribution < 1.29 is 23.9 Å². The lowest BCUT2D eigenvalue weighted by Crippen LogP contribution is -2.36. The number of para-hydroxylation sites is 1. The molecule has 0 saturated heterocycles. The number of carbonyl (C=O) groups excluding carboxylic acids is 3. The SMILES string of the molecule is CC(=O)Oc1ccc(C2(CCCC(=O)Oc3ccccc3)C(=O)Nc3ccc(Cl)cc32)cc1. The zero-order valence-corrected chi connectivity index (χ0v) is 18.7. The van der Waals surface area contributed by atoms with E-state index in [2.05, 4.69) is 5.32 Å². The summed E-state index contributed by atoms with van der Waals surface area (Å²) in [5, 5.41) is 3.45. The highest BCUT2D eigenvalue weighted by molar-refractivity contribution is 6.31. The molecule has 33 heavy (non-hydrogen) atoms. The van der Waals surface area contributed by atoms with Crippen molar-refractivity contribution in [2.75, 3.05) is 5.32 Å². The summed E-state index contributed by atoms with van der Waals surface area (Å²) in [6.07, 6.45) is 0.922. The van der Waals surface area contributed by atoms with Crippen LogP contribution in [0.3, 0.4) is 0 Å². The van der Waals surface area contributed by atoms with Crippen LogP contribution in [0.15, 0.2) is 72.8 Å². The minimum Gasteiger partial charge on any atom is -0.427 e. The normalized spacial score (nSPS) is 16.6. The molecule has 6 nitrogen and oxygen atoms in total. The van der Waals surface area contributed by atoms with Gasteiger partial charge in [-0.05, 0) is 66.4 Å². The lowest BCUT2D eigenvalue weighted by molar-refractivity contribution is -0.135. The molecule has 1 N–H and O–H groups in total. The molecular formula is C26H22ClNO5. The molecule has 1 atom stereocenters. The Balaban J connectivity index is 1.61. The largest absolute Gasteiger partial charge is 0.427 e. The van der Waals surface area contributed by atoms with Gasteiger partial charge in [0.25, 0.3) is 0 Å². The summed E-state index contributed by atoms with van der Waals surface area (Å²) in [4.78, 5) is 37.0. The van der Waals surface area contributed by atoms with E-state index in [0.29, 0.717) is 40.6 Å². The molecule has 1 unspecified atom stereocenters. The maximum Gasteiger partial charge on any atom is 0.311 e. The molecule has 0 spiro atoms. The number of esters is 2. The van der Waals surface area contributed by atoms with Crippen LogP contribution in [0.5, 0.6) is 11.5 Å². The molecular weight excluding hydrogens is 442 g/mol. The zero-order chi connectivity index (χ0) is 23.4. The van der Waals surface area contributed by atoms with Gasteiger partial charge in [-0.15, -0.1) is 0 Å². The first-order valence-corrected chi connectivity index (χ1v) is 10.9. The Bertz CT molecular complexity index is 1190. The first-order valence-electron chi connectivity index (χ1n) is 10.5. The number of hydrogen-bond acceptors (Lipinski definition) is 5. The summed E-state index contributed by atoms with van der Waals surface area (Å²) in [5.74, 6) is -0.126. The minimum atomic E-state index is -1.04. The summed E-state index contributed by atoms with van der Waals surface area (Å²) in [7, 11) is 0. The highest BCUT2D eigenvalue weighted by Gasteiger charge is 2.48. The molecule has 1 aliphatic rings. The molecule has 168 valence electrons. The minimum absolute atomic E-state index is 0.144. The fourth-order valence-electron chi connectivity index (χ4n) is 4.15. The van der Waals surface area contributed by atoms with Crippen LogP contribution in [-0.4, -0.2) is 17.8 Å². The van der Waals surface area contributed by atoms with Gasteiger partial charge in [0.2, 0.25) is 5.91 Å². The van der Waals surface area contributed by atoms with Gasteiger partial charge in [0, 0.05) is 24.1 Å². The molecule has 7 heteroatoms. The Morgan fingerprint density at radius 3 is 2.33 bits per heavy atom. The van der Waals surface area contributed by atoms with E-state index in [0.717, 1.165) is 5.56 Å². The molecule has 0 bridgehead atoms. The Hall–Kier alpha value is -3.64. The van der Waals surface area contributed by atoms with Gasteiger partial charge < -0.3 is 14.8 Å². The maximum atomic E-state index is 13.3. The number of fused-ring (bicyclic) bond motifs is 1. The second kappa shape index (κ2) is 9.46. The first kappa shape index (κ1) is 22.6. The van der Waals surface area contributed by atoms with Gasteiger partial charge in [-0.1, -0.05) is 41.9 Å². The summed E-state index contributed by atoms with van der Waals surface area (Å²) in [6, 6.07) is 20.9. The fourth-order valence-corrected chi connectivity index (χ4v) is 4.32. The monoisotopic (exact) mass is 463 g/mol. The molecule has 0 radical (unpaired) electrons. The molecule has 1 heterocycles. The Kier molecular flexibility index (Phi) is 6.47. The number of benzene rings is 3. The molecule has 0 fully saturated rings. The van der Waals surface area contributed by atoms with Crippen LogP contribution in [0.25, 0.3) is 0 Å². The molecule has 1 aliphatic heterocycles. The van der Waals surface area contributed by atoms with Crippen molar-refractivity contribution in [1.29, 1.82) is 0 Å². The van der Waals surface area contributed by atoms with E-state index in [1.54, 1.807) is 66.7 Å². The van der Waals surface area contributed by atoms with Gasteiger partial charge in [-0.3, -0.25) is 14.4 Å². The molecule has 0 saturated carbocycles. The van der Waals surface area contributed by atoms with Gasteiger partial charge in [0.15, 0.2) is 0 Å². The lowest BCUT2D eigenvalue weighted by atomic mass is 9.72. The van der Waals surface area contributed by atoms with Crippen molar-refractivity contribution in [3.63, 3.8) is 0 Å². The van der Waals surface area contributed by atoms with Gasteiger partial charge in [0.1, 0.15) is 16.9 Å². The zero-order valence-electron chi connectivity index (χ0n) is 18.0. The number of nitrogens with one attached hydrogen (secondary N) is 1. The van der Waals surface area contributed by atoms with E-state index >= 15 is 0 Å². The third kappa shape index (κ3) is 4.76. The maximum absolute atomic E-state index is 13.3. The predicted molar refractivity (Wildman–Crippen MR) is 125 cm³/mol. The highest BCUT2D eigenvalue weighted by atomic mass is 35.5. The predicted octanol–water partition coefficient (Wildman–Crippen LogP) is 5.28. The van der Waals surface area contributed by atoms with Crippen LogP contribution < -0.4 is 14.8 Å². The Morgan fingerprint density at radius 1 is 0.939 bits per heavy atom. The third-order valence-corrected chi connectivity index (χ3v) is 5.83. The summed E-state index contributed by atoms with van der Waals surface area (Å²) in [5.41, 5.74) is 1.10. The van der Waals surface area contributed by atoms with E-state index < -0.39 is 11.4 Å². The number of rotatable bonds is 7. The second-order valence-corrected chi connectivity index (χ2v) is 8.24. The number of amides is 1. The van der Waals surface area contributed by atoms with E-state index in [1.807, 2.05) is 6.07 Å². The Labute approximate surface area is 196 Å². The average Bonchev–Trinajstić information content (AvgIpc) is 3.06. The molecule has 3 aromatic rings. The highest BCUT2D eigenvalue weighted by Crippen LogP contribution is 2.47. The van der Waals surface area contributed by atoms with Gasteiger partial charge >= 0.3 is 11.9 Å². The number of hydrogen-bond donors (Lipinski definition) is 1. The topological polar surface area (TPSA) is 81.7 Å². The van der Waals surface area contributed by atoms with E-state index in [-0.39, 0.29) is 18.3 Å². The number of anilines is 1. The number of halogens is 1. The first-order chi connectivity index (χ1) is 15.9. The molecule has 4 rings (SSSR count). The molecule has 3 aromatic carbocycles. The molecule has 0 aliphatic carbocycles. The second-order valence-electron chi connectivity index (χ2n) is 7.81. The van der Waals surface area contributed by atoms with Crippen LogP contribution in [0.1, 0.15) is 37.3 Å². The van der Waals surface area contributed by atoms with Gasteiger partial charge in [-0.25, -0.2) is 0 Å². The van der Waals surface area contributed by atoms with Gasteiger partial charge in [0.05, 0.1) is 0 Å². The van der Waals surface area contributed by atoms with Crippen molar-refractivity contribution in [2.45, 2.75) is 31.6 Å². The van der Waals surface area contributed by atoms with Crippen LogP contribution >= 0.6 is 11.6 Å². The van der Waals surface area contributed by atoms with E-state index in [9.17, 15) is 14.4 Å².